The van der Waals surface area contributed by atoms with Gasteiger partial charge in [-0.2, -0.15) is 0 Å². The summed E-state index contributed by atoms with van der Waals surface area (Å²) in [6, 6.07) is 0. The molecule has 0 aromatic heterocycles. The lowest BCUT2D eigenvalue weighted by Gasteiger charge is -2.26. The molecule has 0 bridgehead atoms. The Morgan fingerprint density at radius 3 is 2.12 bits per heavy atom. The smallest absolute Gasteiger partial charge is 0.122 e. The summed E-state index contributed by atoms with van der Waals surface area (Å²) >= 11 is 0. The molecule has 4 heteroatoms. The first-order valence-corrected chi connectivity index (χ1v) is 7.20. The number of nitrogens with zero attached hydrogens (tertiary/aromatic N) is 1. The Morgan fingerprint density at radius 1 is 0.941 bits per heavy atom. The Morgan fingerprint density at radius 2 is 1.59 bits per heavy atom. The fraction of sp³-hybridized carbons (Fsp3) is 1.00. The summed E-state index contributed by atoms with van der Waals surface area (Å²) in [4.78, 5) is 2.56. The van der Waals surface area contributed by atoms with Crippen LogP contribution in [0.25, 0.3) is 0 Å². The van der Waals surface area contributed by atoms with E-state index < -0.39 is 0 Å². The van der Waals surface area contributed by atoms with Gasteiger partial charge < -0.3 is 20.8 Å². The van der Waals surface area contributed by atoms with Crippen LogP contribution in [0.4, 0.5) is 0 Å². The van der Waals surface area contributed by atoms with Gasteiger partial charge in [0, 0.05) is 52.4 Å². The zero-order valence-corrected chi connectivity index (χ0v) is 11.4. The zero-order valence-electron chi connectivity index (χ0n) is 12.4. The van der Waals surface area contributed by atoms with Gasteiger partial charge in [0.1, 0.15) is 1.41 Å². The lowest BCUT2D eigenvalue weighted by atomic mass is 10.2. The van der Waals surface area contributed by atoms with Gasteiger partial charge in [0.15, 0.2) is 0 Å². The van der Waals surface area contributed by atoms with Crippen LogP contribution in [0.3, 0.4) is 0 Å². The van der Waals surface area contributed by atoms with Crippen LogP contribution in [-0.4, -0.2) is 63.8 Å². The minimum atomic E-state index is 0.875. The van der Waals surface area contributed by atoms with Crippen LogP contribution >= 0.6 is 0 Å². The maximum Gasteiger partial charge on any atom is 0.122 e. The minimum absolute atomic E-state index is 0.875. The Labute approximate surface area is 108 Å². The fourth-order valence-electron chi connectivity index (χ4n) is 2.07. The molecule has 0 spiro atoms. The second-order valence-corrected chi connectivity index (χ2v) is 4.72. The molecule has 17 heavy (non-hydrogen) atoms. The maximum atomic E-state index is 7.07. The molecule has 0 amide bonds. The third-order valence-electron chi connectivity index (χ3n) is 3.18. The summed E-state index contributed by atoms with van der Waals surface area (Å²) < 4.78 is 7.07. The molecule has 2 saturated heterocycles. The molecule has 0 atom stereocenters. The molecule has 3 N–H and O–H groups in total. The zero-order chi connectivity index (χ0) is 13.1. The molecule has 2 aliphatic heterocycles. The highest BCUT2D eigenvalue weighted by Gasteiger charge is 2.07. The molecule has 0 aliphatic carbocycles. The SMILES string of the molecule is CCCCCN1CCNCC1.[2H]N1CCNCC1. The standard InChI is InChI=1S/C9H20N2.C4H10N2/c1-2-3-4-7-11-8-5-10-6-9-11;1-2-6-4-3-5-1/h10H,2-9H2,1H3;5-6H,1-4H2/i/hD. The van der Waals surface area contributed by atoms with E-state index in [1.807, 2.05) is 0 Å². The summed E-state index contributed by atoms with van der Waals surface area (Å²) in [6.07, 6.45) is 4.12. The monoisotopic (exact) mass is 243 g/mol. The fourth-order valence-corrected chi connectivity index (χ4v) is 2.07. The highest BCUT2D eigenvalue weighted by Crippen LogP contribution is 1.98. The number of rotatable bonds is 4. The van der Waals surface area contributed by atoms with Crippen LogP contribution in [0.2, 0.25) is 1.41 Å². The average Bonchev–Trinajstić information content (AvgIpc) is 2.42. The van der Waals surface area contributed by atoms with Crippen LogP contribution in [0.5, 0.6) is 0 Å². The maximum absolute atomic E-state index is 7.07. The van der Waals surface area contributed by atoms with Crippen molar-refractivity contribution in [1.82, 2.24) is 20.8 Å². The third-order valence-corrected chi connectivity index (χ3v) is 3.18. The molecule has 0 radical (unpaired) electrons. The molecule has 2 rings (SSSR count). The van der Waals surface area contributed by atoms with E-state index in [4.69, 9.17) is 1.41 Å². The molecular weight excluding hydrogens is 212 g/mol. The second-order valence-electron chi connectivity index (χ2n) is 4.72. The number of hydrogen-bond donors (Lipinski definition) is 3. The Kier molecular flexibility index (Phi) is 8.56. The molecule has 0 aromatic rings. The quantitative estimate of drug-likeness (QED) is 0.620. The van der Waals surface area contributed by atoms with Crippen molar-refractivity contribution in [1.29, 1.82) is 0 Å². The van der Waals surface area contributed by atoms with E-state index in [2.05, 4.69) is 22.5 Å². The van der Waals surface area contributed by atoms with Crippen molar-refractivity contribution >= 4 is 0 Å². The van der Waals surface area contributed by atoms with Crippen molar-refractivity contribution in [2.24, 2.45) is 0 Å². The van der Waals surface area contributed by atoms with Crippen molar-refractivity contribution in [3.63, 3.8) is 0 Å². The van der Waals surface area contributed by atoms with Gasteiger partial charge in [-0.3, -0.25) is 0 Å². The van der Waals surface area contributed by atoms with Crippen molar-refractivity contribution < 1.29 is 1.41 Å². The van der Waals surface area contributed by atoms with Gasteiger partial charge in [-0.15, -0.1) is 0 Å². The first kappa shape index (κ1) is 13.3. The average molecular weight is 243 g/mol. The normalized spacial score (nSPS) is 23.7. The van der Waals surface area contributed by atoms with E-state index in [1.54, 1.807) is 5.31 Å². The van der Waals surface area contributed by atoms with Crippen LogP contribution < -0.4 is 15.9 Å². The molecule has 0 saturated carbocycles. The first-order valence-electron chi connectivity index (χ1n) is 7.65. The van der Waals surface area contributed by atoms with E-state index in [0.29, 0.717) is 0 Å². The van der Waals surface area contributed by atoms with Crippen LogP contribution in [0.1, 0.15) is 26.2 Å². The Hall–Kier alpha value is -0.160. The van der Waals surface area contributed by atoms with Crippen LogP contribution in [0, 0.1) is 0 Å². The third kappa shape index (κ3) is 8.55. The van der Waals surface area contributed by atoms with Gasteiger partial charge in [0.05, 0.1) is 0 Å². The summed E-state index contributed by atoms with van der Waals surface area (Å²) in [5, 5.41) is 8.10. The first-order chi connectivity index (χ1) is 8.83. The molecule has 2 aliphatic rings. The van der Waals surface area contributed by atoms with E-state index in [1.165, 1.54) is 52.0 Å². The highest BCUT2D eigenvalue weighted by atomic mass is 15.2. The van der Waals surface area contributed by atoms with Gasteiger partial charge in [0.2, 0.25) is 0 Å². The Bertz CT molecular complexity index is 180. The number of unbranched alkanes of at least 4 members (excludes halogenated alkanes) is 2. The summed E-state index contributed by atoms with van der Waals surface area (Å²) in [5.41, 5.74) is 0. The van der Waals surface area contributed by atoms with Gasteiger partial charge in [-0.25, -0.2) is 0 Å². The highest BCUT2D eigenvalue weighted by molar-refractivity contribution is 4.66. The molecule has 2 heterocycles. The van der Waals surface area contributed by atoms with Crippen molar-refractivity contribution in [3.05, 3.63) is 0 Å². The molecule has 0 unspecified atom stereocenters. The van der Waals surface area contributed by atoms with E-state index in [0.717, 1.165) is 26.2 Å². The predicted octanol–water partition coefficient (Wildman–Crippen LogP) is 0.261. The van der Waals surface area contributed by atoms with E-state index >= 15 is 0 Å². The molecule has 2 fully saturated rings. The van der Waals surface area contributed by atoms with Crippen LogP contribution in [-0.2, 0) is 0 Å². The predicted molar refractivity (Wildman–Crippen MR) is 74.6 cm³/mol. The molecular formula is C13H30N4. The minimum Gasteiger partial charge on any atom is -0.314 e. The van der Waals surface area contributed by atoms with Gasteiger partial charge in [-0.1, -0.05) is 19.8 Å². The van der Waals surface area contributed by atoms with Gasteiger partial charge in [-0.05, 0) is 13.0 Å². The van der Waals surface area contributed by atoms with Crippen molar-refractivity contribution in [2.75, 3.05) is 58.9 Å². The summed E-state index contributed by atoms with van der Waals surface area (Å²) in [7, 11) is 0. The number of piperazine rings is 2. The molecule has 4 nitrogen and oxygen atoms in total. The summed E-state index contributed by atoms with van der Waals surface area (Å²) in [6.45, 7) is 12.2. The topological polar surface area (TPSA) is 39.3 Å². The van der Waals surface area contributed by atoms with Crippen LogP contribution in [0.15, 0.2) is 0 Å². The second kappa shape index (κ2) is 11.0. The van der Waals surface area contributed by atoms with Crippen molar-refractivity contribution in [3.8, 4) is 0 Å². The number of nitrogens with one attached hydrogen (secondary N) is 3. The van der Waals surface area contributed by atoms with E-state index in [-0.39, 0.29) is 0 Å². The molecule has 102 valence electrons. The Balaban J connectivity index is 0.000000199. The lowest BCUT2D eigenvalue weighted by molar-refractivity contribution is 0.236. The lowest BCUT2D eigenvalue weighted by Crippen LogP contribution is -2.43. The number of hydrogen-bond acceptors (Lipinski definition) is 4. The largest absolute Gasteiger partial charge is 0.314 e. The van der Waals surface area contributed by atoms with Gasteiger partial charge >= 0.3 is 0 Å². The molecule has 0 aromatic carbocycles. The summed E-state index contributed by atoms with van der Waals surface area (Å²) in [5.74, 6) is 0. The van der Waals surface area contributed by atoms with Crippen molar-refractivity contribution in [2.45, 2.75) is 26.2 Å². The van der Waals surface area contributed by atoms with E-state index in [9.17, 15) is 0 Å². The van der Waals surface area contributed by atoms with Gasteiger partial charge in [0.25, 0.3) is 0 Å².